The zero-order valence-corrected chi connectivity index (χ0v) is 19.4. The van der Waals surface area contributed by atoms with Crippen molar-refractivity contribution in [3.8, 4) is 0 Å². The average Bonchev–Trinajstić information content (AvgIpc) is 3.09. The fourth-order valence-corrected chi connectivity index (χ4v) is 6.00. The number of carbonyl (C=O) groups excluding carboxylic acids is 2. The van der Waals surface area contributed by atoms with Gasteiger partial charge in [0.05, 0.1) is 30.3 Å². The van der Waals surface area contributed by atoms with Crippen LogP contribution in [0.4, 0.5) is 5.00 Å². The highest BCUT2D eigenvalue weighted by atomic mass is 32.2. The Morgan fingerprint density at radius 1 is 1.23 bits per heavy atom. The molecule has 1 aromatic heterocycles. The molecule has 0 atom stereocenters. The number of benzene rings is 1. The van der Waals surface area contributed by atoms with E-state index >= 15 is 0 Å². The maximum Gasteiger partial charge on any atom is 0.341 e. The fraction of sp³-hybridized carbons (Fsp3) is 0.429. The minimum absolute atomic E-state index is 0.0456. The molecule has 1 amide bonds. The molecule has 0 radical (unpaired) electrons. The van der Waals surface area contributed by atoms with Crippen LogP contribution < -0.4 is 5.32 Å². The van der Waals surface area contributed by atoms with E-state index in [2.05, 4.69) is 5.32 Å². The summed E-state index contributed by atoms with van der Waals surface area (Å²) in [5.74, 6) is -0.976. The molecule has 3 rings (SSSR count). The molecular weight excluding hydrogens is 440 g/mol. The Hall–Kier alpha value is -2.27. The van der Waals surface area contributed by atoms with Crippen molar-refractivity contribution in [2.45, 2.75) is 32.1 Å². The predicted octanol–water partition coefficient (Wildman–Crippen LogP) is 3.07. The summed E-state index contributed by atoms with van der Waals surface area (Å²) >= 11 is 1.30. The molecule has 2 heterocycles. The molecule has 8 nitrogen and oxygen atoms in total. The molecule has 0 bridgehead atoms. The third kappa shape index (κ3) is 4.98. The van der Waals surface area contributed by atoms with Gasteiger partial charge in [0.2, 0.25) is 10.0 Å². The monoisotopic (exact) mass is 466 g/mol. The van der Waals surface area contributed by atoms with Crippen molar-refractivity contribution < 1.29 is 27.5 Å². The number of anilines is 1. The van der Waals surface area contributed by atoms with Gasteiger partial charge < -0.3 is 14.8 Å². The maximum atomic E-state index is 12.9. The number of esters is 1. The molecule has 1 saturated heterocycles. The Balaban J connectivity index is 1.88. The van der Waals surface area contributed by atoms with Crippen LogP contribution in [0.2, 0.25) is 0 Å². The standard InChI is InChI=1S/C21H26N2O6S2/c1-4-17-14(3)30-20(18(17)21(25)29-5-2)22-19(24)15-7-6-8-16(13-15)31(26,27)23-9-11-28-12-10-23/h6-8,13H,4-5,9-12H2,1-3H3,(H,22,24). The third-order valence-electron chi connectivity index (χ3n) is 4.97. The van der Waals surface area contributed by atoms with E-state index in [4.69, 9.17) is 9.47 Å². The van der Waals surface area contributed by atoms with Gasteiger partial charge in [0.15, 0.2) is 0 Å². The van der Waals surface area contributed by atoms with Crippen molar-refractivity contribution in [2.75, 3.05) is 38.2 Å². The summed E-state index contributed by atoms with van der Waals surface area (Å²) in [7, 11) is -3.72. The first-order chi connectivity index (χ1) is 14.8. The predicted molar refractivity (Wildman–Crippen MR) is 118 cm³/mol. The molecular formula is C21H26N2O6S2. The van der Waals surface area contributed by atoms with Crippen molar-refractivity contribution in [3.05, 3.63) is 45.8 Å². The molecule has 0 unspecified atom stereocenters. The van der Waals surface area contributed by atoms with Crippen LogP contribution in [-0.4, -0.2) is 57.5 Å². The summed E-state index contributed by atoms with van der Waals surface area (Å²) in [5.41, 5.74) is 1.38. The summed E-state index contributed by atoms with van der Waals surface area (Å²) in [4.78, 5) is 26.4. The lowest BCUT2D eigenvalue weighted by atomic mass is 10.1. The van der Waals surface area contributed by atoms with Gasteiger partial charge in [0.25, 0.3) is 5.91 Å². The summed E-state index contributed by atoms with van der Waals surface area (Å²) < 4.78 is 37.5. The SMILES string of the molecule is CCOC(=O)c1c(NC(=O)c2cccc(S(=O)(=O)N3CCOCC3)c2)sc(C)c1CC. The topological polar surface area (TPSA) is 102 Å². The Bertz CT molecular complexity index is 1070. The minimum Gasteiger partial charge on any atom is -0.462 e. The number of aryl methyl sites for hydroxylation is 1. The van der Waals surface area contributed by atoms with E-state index in [1.165, 1.54) is 33.8 Å². The van der Waals surface area contributed by atoms with Gasteiger partial charge in [-0.15, -0.1) is 11.3 Å². The number of morpholine rings is 1. The molecule has 31 heavy (non-hydrogen) atoms. The van der Waals surface area contributed by atoms with Gasteiger partial charge >= 0.3 is 5.97 Å². The van der Waals surface area contributed by atoms with Gasteiger partial charge in [0.1, 0.15) is 5.00 Å². The number of nitrogens with zero attached hydrogens (tertiary/aromatic N) is 1. The first-order valence-corrected chi connectivity index (χ1v) is 12.3. The lowest BCUT2D eigenvalue weighted by Crippen LogP contribution is -2.40. The van der Waals surface area contributed by atoms with Gasteiger partial charge in [0, 0.05) is 23.5 Å². The van der Waals surface area contributed by atoms with Crippen LogP contribution in [0.15, 0.2) is 29.2 Å². The highest BCUT2D eigenvalue weighted by Gasteiger charge is 2.28. The molecule has 1 aliphatic heterocycles. The highest BCUT2D eigenvalue weighted by molar-refractivity contribution is 7.89. The van der Waals surface area contributed by atoms with E-state index in [-0.39, 0.29) is 30.2 Å². The van der Waals surface area contributed by atoms with Crippen LogP contribution in [0.1, 0.15) is 45.0 Å². The van der Waals surface area contributed by atoms with Crippen molar-refractivity contribution in [1.29, 1.82) is 0 Å². The summed E-state index contributed by atoms with van der Waals surface area (Å²) in [5, 5.41) is 3.17. The zero-order valence-electron chi connectivity index (χ0n) is 17.8. The number of carbonyl (C=O) groups is 2. The summed E-state index contributed by atoms with van der Waals surface area (Å²) in [6, 6.07) is 5.89. The number of amides is 1. The Morgan fingerprint density at radius 3 is 2.58 bits per heavy atom. The molecule has 1 aliphatic rings. The molecule has 0 aliphatic carbocycles. The van der Waals surface area contributed by atoms with Gasteiger partial charge in [-0.05, 0) is 44.0 Å². The molecule has 10 heteroatoms. The smallest absolute Gasteiger partial charge is 0.341 e. The number of ether oxygens (including phenoxy) is 2. The molecule has 0 spiro atoms. The van der Waals surface area contributed by atoms with Gasteiger partial charge in [-0.2, -0.15) is 4.31 Å². The second-order valence-corrected chi connectivity index (χ2v) is 10.1. The quantitative estimate of drug-likeness (QED) is 0.629. The second kappa shape index (κ2) is 9.90. The summed E-state index contributed by atoms with van der Waals surface area (Å²) in [6.45, 7) is 7.00. The molecule has 1 N–H and O–H groups in total. The van der Waals surface area contributed by atoms with Crippen molar-refractivity contribution in [2.24, 2.45) is 0 Å². The molecule has 168 valence electrons. The Kier molecular flexibility index (Phi) is 7.47. The van der Waals surface area contributed by atoms with E-state index in [9.17, 15) is 18.0 Å². The van der Waals surface area contributed by atoms with Crippen molar-refractivity contribution in [1.82, 2.24) is 4.31 Å². The van der Waals surface area contributed by atoms with Crippen LogP contribution in [0.3, 0.4) is 0 Å². The largest absolute Gasteiger partial charge is 0.462 e. The third-order valence-corrected chi connectivity index (χ3v) is 7.93. The van der Waals surface area contributed by atoms with Crippen molar-refractivity contribution in [3.63, 3.8) is 0 Å². The lowest BCUT2D eigenvalue weighted by molar-refractivity contribution is 0.0527. The number of hydrogen-bond donors (Lipinski definition) is 1. The highest BCUT2D eigenvalue weighted by Crippen LogP contribution is 2.34. The van der Waals surface area contributed by atoms with E-state index in [1.807, 2.05) is 13.8 Å². The average molecular weight is 467 g/mol. The molecule has 2 aromatic rings. The lowest BCUT2D eigenvalue weighted by Gasteiger charge is -2.26. The van der Waals surface area contributed by atoms with E-state index in [0.29, 0.717) is 30.2 Å². The van der Waals surface area contributed by atoms with Gasteiger partial charge in [-0.3, -0.25) is 4.79 Å². The Labute approximate surface area is 186 Å². The van der Waals surface area contributed by atoms with Crippen LogP contribution in [-0.2, 0) is 25.9 Å². The van der Waals surface area contributed by atoms with Crippen LogP contribution in [0.25, 0.3) is 0 Å². The number of rotatable bonds is 7. The van der Waals surface area contributed by atoms with E-state index in [1.54, 1.807) is 13.0 Å². The normalized spacial score (nSPS) is 14.9. The fourth-order valence-electron chi connectivity index (χ4n) is 3.42. The number of nitrogens with one attached hydrogen (secondary N) is 1. The van der Waals surface area contributed by atoms with E-state index < -0.39 is 21.9 Å². The summed E-state index contributed by atoms with van der Waals surface area (Å²) in [6.07, 6.45) is 0.625. The van der Waals surface area contributed by atoms with E-state index in [0.717, 1.165) is 10.4 Å². The van der Waals surface area contributed by atoms with Crippen LogP contribution in [0.5, 0.6) is 0 Å². The minimum atomic E-state index is -3.72. The Morgan fingerprint density at radius 2 is 1.94 bits per heavy atom. The van der Waals surface area contributed by atoms with Crippen LogP contribution >= 0.6 is 11.3 Å². The van der Waals surface area contributed by atoms with Crippen molar-refractivity contribution >= 4 is 38.2 Å². The molecule has 1 fully saturated rings. The second-order valence-electron chi connectivity index (χ2n) is 6.91. The molecule has 1 aromatic carbocycles. The zero-order chi connectivity index (χ0) is 22.6. The number of thiophene rings is 1. The first kappa shape index (κ1) is 23.4. The van der Waals surface area contributed by atoms with Gasteiger partial charge in [-0.25, -0.2) is 13.2 Å². The first-order valence-electron chi connectivity index (χ1n) is 10.1. The van der Waals surface area contributed by atoms with Gasteiger partial charge in [-0.1, -0.05) is 13.0 Å². The number of sulfonamides is 1. The maximum absolute atomic E-state index is 12.9. The molecule has 0 saturated carbocycles. The number of hydrogen-bond acceptors (Lipinski definition) is 7. The van der Waals surface area contributed by atoms with Crippen LogP contribution in [0, 0.1) is 6.92 Å².